The molecule has 0 amide bonds. The molecule has 0 spiro atoms. The van der Waals surface area contributed by atoms with E-state index in [1.165, 1.54) is 0 Å². The Hall–Kier alpha value is -1.14. The van der Waals surface area contributed by atoms with Crippen LogP contribution in [-0.2, 0) is 19.1 Å². The number of unbranched alkanes of at least 4 members (excludes halogenated alkanes) is 1. The van der Waals surface area contributed by atoms with Gasteiger partial charge < -0.3 is 19.7 Å². The molecule has 0 radical (unpaired) electrons. The van der Waals surface area contributed by atoms with Crippen LogP contribution in [0.3, 0.4) is 0 Å². The SMILES string of the molecule is CCCCOCCOCCC(CCCC(=O)O)C(=O)O. The van der Waals surface area contributed by atoms with E-state index in [1.807, 2.05) is 0 Å². The normalized spacial score (nSPS) is 12.2. The fourth-order valence-electron chi connectivity index (χ4n) is 1.68. The second kappa shape index (κ2) is 12.9. The molecule has 0 rings (SSSR count). The predicted octanol–water partition coefficient (Wildman–Crippen LogP) is 2.17. The summed E-state index contributed by atoms with van der Waals surface area (Å²) in [6, 6.07) is 0. The molecule has 0 aliphatic rings. The Labute approximate surface area is 120 Å². The third kappa shape index (κ3) is 11.9. The second-order valence-corrected chi connectivity index (χ2v) is 4.69. The maximum atomic E-state index is 11.0. The van der Waals surface area contributed by atoms with Crippen molar-refractivity contribution >= 4 is 11.9 Å². The monoisotopic (exact) mass is 290 g/mol. The molecule has 0 aromatic heterocycles. The summed E-state index contributed by atoms with van der Waals surface area (Å²) in [5.41, 5.74) is 0. The second-order valence-electron chi connectivity index (χ2n) is 4.69. The molecule has 0 saturated heterocycles. The molecule has 0 heterocycles. The van der Waals surface area contributed by atoms with Crippen molar-refractivity contribution in [1.29, 1.82) is 0 Å². The zero-order valence-corrected chi connectivity index (χ0v) is 12.2. The molecule has 0 aromatic rings. The Balaban J connectivity index is 3.55. The molecule has 0 aliphatic heterocycles. The summed E-state index contributed by atoms with van der Waals surface area (Å²) in [5, 5.41) is 17.5. The Morgan fingerprint density at radius 1 is 0.950 bits per heavy atom. The van der Waals surface area contributed by atoms with E-state index in [1.54, 1.807) is 0 Å². The van der Waals surface area contributed by atoms with Gasteiger partial charge in [0.15, 0.2) is 0 Å². The van der Waals surface area contributed by atoms with Gasteiger partial charge in [0.05, 0.1) is 19.1 Å². The fourth-order valence-corrected chi connectivity index (χ4v) is 1.68. The summed E-state index contributed by atoms with van der Waals surface area (Å²) in [5.74, 6) is -2.32. The van der Waals surface area contributed by atoms with Gasteiger partial charge in [0, 0.05) is 19.6 Å². The minimum absolute atomic E-state index is 0.00983. The number of carbonyl (C=O) groups is 2. The fraction of sp³-hybridized carbons (Fsp3) is 0.857. The van der Waals surface area contributed by atoms with Crippen LogP contribution in [0.25, 0.3) is 0 Å². The number of carboxylic acids is 2. The largest absolute Gasteiger partial charge is 0.481 e. The molecular formula is C14H26O6. The molecule has 6 nitrogen and oxygen atoms in total. The van der Waals surface area contributed by atoms with Gasteiger partial charge in [-0.05, 0) is 25.7 Å². The average molecular weight is 290 g/mol. The highest BCUT2D eigenvalue weighted by Crippen LogP contribution is 2.13. The summed E-state index contributed by atoms with van der Waals surface area (Å²) >= 11 is 0. The van der Waals surface area contributed by atoms with Crippen LogP contribution in [0.2, 0.25) is 0 Å². The molecule has 118 valence electrons. The lowest BCUT2D eigenvalue weighted by atomic mass is 9.99. The lowest BCUT2D eigenvalue weighted by molar-refractivity contribution is -0.143. The van der Waals surface area contributed by atoms with Crippen molar-refractivity contribution in [2.24, 2.45) is 5.92 Å². The molecule has 0 bridgehead atoms. The first-order valence-corrected chi connectivity index (χ1v) is 7.18. The summed E-state index contributed by atoms with van der Waals surface area (Å²) in [4.78, 5) is 21.4. The highest BCUT2D eigenvalue weighted by atomic mass is 16.5. The van der Waals surface area contributed by atoms with Gasteiger partial charge in [-0.25, -0.2) is 0 Å². The average Bonchev–Trinajstić information content (AvgIpc) is 2.39. The molecule has 0 aliphatic carbocycles. The standard InChI is InChI=1S/C14H26O6/c1-2-3-8-19-10-11-20-9-7-12(14(17)18)5-4-6-13(15)16/h12H,2-11H2,1H3,(H,15,16)(H,17,18). The van der Waals surface area contributed by atoms with Crippen LogP contribution in [0.4, 0.5) is 0 Å². The molecule has 0 fully saturated rings. The van der Waals surface area contributed by atoms with Crippen LogP contribution < -0.4 is 0 Å². The molecule has 1 unspecified atom stereocenters. The lowest BCUT2D eigenvalue weighted by Crippen LogP contribution is -2.17. The van der Waals surface area contributed by atoms with Gasteiger partial charge in [-0.2, -0.15) is 0 Å². The van der Waals surface area contributed by atoms with E-state index in [4.69, 9.17) is 19.7 Å². The van der Waals surface area contributed by atoms with Crippen LogP contribution in [0.5, 0.6) is 0 Å². The number of hydrogen-bond acceptors (Lipinski definition) is 4. The van der Waals surface area contributed by atoms with Crippen molar-refractivity contribution in [2.45, 2.75) is 45.4 Å². The van der Waals surface area contributed by atoms with E-state index in [9.17, 15) is 9.59 Å². The molecular weight excluding hydrogens is 264 g/mol. The van der Waals surface area contributed by atoms with Crippen LogP contribution in [-0.4, -0.2) is 48.6 Å². The molecule has 20 heavy (non-hydrogen) atoms. The van der Waals surface area contributed by atoms with E-state index in [0.29, 0.717) is 39.1 Å². The van der Waals surface area contributed by atoms with E-state index < -0.39 is 17.9 Å². The van der Waals surface area contributed by atoms with Gasteiger partial charge in [0.25, 0.3) is 0 Å². The zero-order valence-electron chi connectivity index (χ0n) is 12.2. The van der Waals surface area contributed by atoms with Crippen molar-refractivity contribution in [3.8, 4) is 0 Å². The van der Waals surface area contributed by atoms with E-state index in [-0.39, 0.29) is 6.42 Å². The minimum atomic E-state index is -0.894. The number of aliphatic carboxylic acids is 2. The smallest absolute Gasteiger partial charge is 0.306 e. The first kappa shape index (κ1) is 18.9. The summed E-state index contributed by atoms with van der Waals surface area (Å²) in [6.07, 6.45) is 3.30. The predicted molar refractivity (Wildman–Crippen MR) is 73.8 cm³/mol. The van der Waals surface area contributed by atoms with Crippen molar-refractivity contribution in [1.82, 2.24) is 0 Å². The molecule has 6 heteroatoms. The summed E-state index contributed by atoms with van der Waals surface area (Å²) in [6.45, 7) is 4.17. The third-order valence-corrected chi connectivity index (χ3v) is 2.92. The van der Waals surface area contributed by atoms with Crippen molar-refractivity contribution < 1.29 is 29.3 Å². The first-order valence-electron chi connectivity index (χ1n) is 7.18. The Morgan fingerprint density at radius 3 is 2.15 bits per heavy atom. The summed E-state index contributed by atoms with van der Waals surface area (Å²) < 4.78 is 10.6. The maximum Gasteiger partial charge on any atom is 0.306 e. The molecule has 2 N–H and O–H groups in total. The third-order valence-electron chi connectivity index (χ3n) is 2.92. The van der Waals surface area contributed by atoms with Crippen LogP contribution >= 0.6 is 0 Å². The molecule has 0 saturated carbocycles. The first-order chi connectivity index (χ1) is 9.57. The highest BCUT2D eigenvalue weighted by molar-refractivity contribution is 5.70. The lowest BCUT2D eigenvalue weighted by Gasteiger charge is -2.12. The van der Waals surface area contributed by atoms with Gasteiger partial charge >= 0.3 is 11.9 Å². The van der Waals surface area contributed by atoms with Gasteiger partial charge in [0.1, 0.15) is 0 Å². The van der Waals surface area contributed by atoms with Crippen molar-refractivity contribution in [3.05, 3.63) is 0 Å². The minimum Gasteiger partial charge on any atom is -0.481 e. The number of rotatable bonds is 14. The van der Waals surface area contributed by atoms with Gasteiger partial charge in [-0.15, -0.1) is 0 Å². The van der Waals surface area contributed by atoms with Gasteiger partial charge in [0.2, 0.25) is 0 Å². The van der Waals surface area contributed by atoms with Gasteiger partial charge in [-0.3, -0.25) is 9.59 Å². The van der Waals surface area contributed by atoms with Gasteiger partial charge in [-0.1, -0.05) is 13.3 Å². The van der Waals surface area contributed by atoms with E-state index in [0.717, 1.165) is 19.4 Å². The number of hydrogen-bond donors (Lipinski definition) is 2. The van der Waals surface area contributed by atoms with Crippen molar-refractivity contribution in [2.75, 3.05) is 26.4 Å². The Morgan fingerprint density at radius 2 is 1.60 bits per heavy atom. The quantitative estimate of drug-likeness (QED) is 0.476. The topological polar surface area (TPSA) is 93.1 Å². The van der Waals surface area contributed by atoms with Crippen LogP contribution in [0.15, 0.2) is 0 Å². The molecule has 1 atom stereocenters. The van der Waals surface area contributed by atoms with Crippen LogP contribution in [0.1, 0.15) is 45.4 Å². The van der Waals surface area contributed by atoms with Crippen molar-refractivity contribution in [3.63, 3.8) is 0 Å². The van der Waals surface area contributed by atoms with E-state index in [2.05, 4.69) is 6.92 Å². The number of ether oxygens (including phenoxy) is 2. The molecule has 0 aromatic carbocycles. The highest BCUT2D eigenvalue weighted by Gasteiger charge is 2.17. The Kier molecular flexibility index (Phi) is 12.1. The maximum absolute atomic E-state index is 11.0. The van der Waals surface area contributed by atoms with E-state index >= 15 is 0 Å². The van der Waals surface area contributed by atoms with Crippen LogP contribution in [0, 0.1) is 5.92 Å². The Bertz CT molecular complexity index is 266. The summed E-state index contributed by atoms with van der Waals surface area (Å²) in [7, 11) is 0. The number of carboxylic acid groups (broad SMARTS) is 2. The zero-order chi connectivity index (χ0) is 15.2.